The second-order valence-electron chi connectivity index (χ2n) is 4.65. The average Bonchev–Trinajstić information content (AvgIpc) is 2.43. The first-order valence-corrected chi connectivity index (χ1v) is 6.31. The molecule has 2 aromatic rings. The molecular formula is C15H16FN3O2. The van der Waals surface area contributed by atoms with Crippen LogP contribution in [0.5, 0.6) is 5.75 Å². The number of nitrogens with zero attached hydrogens (tertiary/aromatic N) is 1. The third kappa shape index (κ3) is 3.85. The van der Waals surface area contributed by atoms with Crippen LogP contribution < -0.4 is 16.0 Å². The van der Waals surface area contributed by atoms with Crippen molar-refractivity contribution in [3.05, 3.63) is 48.3 Å². The zero-order valence-electron chi connectivity index (χ0n) is 11.5. The van der Waals surface area contributed by atoms with Gasteiger partial charge in [-0.15, -0.1) is 0 Å². The zero-order valence-corrected chi connectivity index (χ0v) is 11.5. The second kappa shape index (κ2) is 6.13. The molecule has 5 nitrogen and oxygen atoms in total. The molecule has 0 spiro atoms. The topological polar surface area (TPSA) is 78.6 Å². The van der Waals surface area contributed by atoms with Crippen LogP contribution in [-0.4, -0.2) is 24.6 Å². The van der Waals surface area contributed by atoms with E-state index in [9.17, 15) is 14.3 Å². The van der Waals surface area contributed by atoms with Gasteiger partial charge in [0, 0.05) is 12.7 Å². The molecule has 0 aliphatic carbocycles. The van der Waals surface area contributed by atoms with E-state index in [1.807, 2.05) is 0 Å². The number of hydrogen-bond acceptors (Lipinski definition) is 4. The number of nitrogens with one attached hydrogen (secondary N) is 1. The van der Waals surface area contributed by atoms with Crippen molar-refractivity contribution in [2.75, 3.05) is 29.5 Å². The van der Waals surface area contributed by atoms with Gasteiger partial charge in [0.15, 0.2) is 0 Å². The summed E-state index contributed by atoms with van der Waals surface area (Å²) in [7, 11) is 1.74. The minimum absolute atomic E-state index is 0.0702. The van der Waals surface area contributed by atoms with Crippen LogP contribution in [0.25, 0.3) is 0 Å². The van der Waals surface area contributed by atoms with Crippen molar-refractivity contribution in [2.24, 2.45) is 0 Å². The lowest BCUT2D eigenvalue weighted by atomic mass is 10.2. The minimum atomic E-state index is -0.466. The van der Waals surface area contributed by atoms with Gasteiger partial charge in [0.2, 0.25) is 5.91 Å². The van der Waals surface area contributed by atoms with Crippen molar-refractivity contribution in [1.29, 1.82) is 0 Å². The molecule has 0 radical (unpaired) electrons. The number of amides is 1. The molecular weight excluding hydrogens is 273 g/mol. The van der Waals surface area contributed by atoms with E-state index in [-0.39, 0.29) is 23.9 Å². The lowest BCUT2D eigenvalue weighted by Crippen LogP contribution is -2.30. The Bertz CT molecular complexity index is 644. The normalized spacial score (nSPS) is 10.2. The van der Waals surface area contributed by atoms with Crippen molar-refractivity contribution < 1.29 is 14.3 Å². The van der Waals surface area contributed by atoms with Crippen LogP contribution in [-0.2, 0) is 4.79 Å². The Morgan fingerprint density at radius 1 is 1.29 bits per heavy atom. The van der Waals surface area contributed by atoms with Crippen LogP contribution >= 0.6 is 0 Å². The van der Waals surface area contributed by atoms with Crippen LogP contribution in [0.3, 0.4) is 0 Å². The number of benzene rings is 2. The highest BCUT2D eigenvalue weighted by atomic mass is 19.1. The third-order valence-electron chi connectivity index (χ3n) is 2.96. The van der Waals surface area contributed by atoms with E-state index >= 15 is 0 Å². The van der Waals surface area contributed by atoms with E-state index in [2.05, 4.69) is 5.32 Å². The fraction of sp³-hybridized carbons (Fsp3) is 0.133. The molecule has 0 atom stereocenters. The number of halogens is 1. The van der Waals surface area contributed by atoms with Crippen molar-refractivity contribution in [3.8, 4) is 5.75 Å². The summed E-state index contributed by atoms with van der Waals surface area (Å²) in [4.78, 5) is 13.6. The molecule has 0 heterocycles. The predicted molar refractivity (Wildman–Crippen MR) is 80.8 cm³/mol. The highest BCUT2D eigenvalue weighted by molar-refractivity contribution is 5.96. The largest absolute Gasteiger partial charge is 0.508 e. The van der Waals surface area contributed by atoms with Gasteiger partial charge in [-0.1, -0.05) is 0 Å². The van der Waals surface area contributed by atoms with Crippen LogP contribution in [0.2, 0.25) is 0 Å². The number of aromatic hydroxyl groups is 1. The van der Waals surface area contributed by atoms with Crippen LogP contribution in [0.15, 0.2) is 42.5 Å². The number of likely N-dealkylation sites (N-methyl/N-ethyl adjacent to an activating group) is 1. The average molecular weight is 289 g/mol. The van der Waals surface area contributed by atoms with E-state index in [0.717, 1.165) is 5.69 Å². The number of carbonyl (C=O) groups is 1. The molecule has 0 bridgehead atoms. The summed E-state index contributed by atoms with van der Waals surface area (Å²) in [5, 5.41) is 11.8. The lowest BCUT2D eigenvalue weighted by molar-refractivity contribution is -0.114. The molecule has 6 heteroatoms. The van der Waals surface area contributed by atoms with Crippen molar-refractivity contribution in [3.63, 3.8) is 0 Å². The summed E-state index contributed by atoms with van der Waals surface area (Å²) < 4.78 is 13.1. The van der Waals surface area contributed by atoms with Crippen LogP contribution in [0, 0.1) is 5.82 Å². The number of nitrogens with two attached hydrogens (primary N) is 1. The monoisotopic (exact) mass is 289 g/mol. The maximum Gasteiger partial charge on any atom is 0.243 e. The summed E-state index contributed by atoms with van der Waals surface area (Å²) in [6, 6.07) is 10.3. The van der Waals surface area contributed by atoms with Gasteiger partial charge in [-0.05, 0) is 42.5 Å². The third-order valence-corrected chi connectivity index (χ3v) is 2.96. The van der Waals surface area contributed by atoms with Gasteiger partial charge in [0.05, 0.1) is 17.9 Å². The summed E-state index contributed by atoms with van der Waals surface area (Å²) in [5.41, 5.74) is 7.00. The standard InChI is InChI=1S/C15H16FN3O2/c1-19(11-3-5-12(20)6-4-11)9-15(21)18-14-8-10(16)2-7-13(14)17/h2-8,20H,9,17H2,1H3,(H,18,21). The Kier molecular flexibility index (Phi) is 4.27. The number of phenols is 1. The summed E-state index contributed by atoms with van der Waals surface area (Å²) in [6.45, 7) is 0.0702. The Hall–Kier alpha value is -2.76. The maximum absolute atomic E-state index is 13.1. The smallest absolute Gasteiger partial charge is 0.243 e. The molecule has 0 fully saturated rings. The molecule has 1 amide bonds. The van der Waals surface area contributed by atoms with Gasteiger partial charge < -0.3 is 21.1 Å². The quantitative estimate of drug-likeness (QED) is 0.754. The lowest BCUT2D eigenvalue weighted by Gasteiger charge is -2.19. The molecule has 0 aliphatic heterocycles. The van der Waals surface area contributed by atoms with E-state index in [0.29, 0.717) is 5.69 Å². The van der Waals surface area contributed by atoms with Gasteiger partial charge in [-0.2, -0.15) is 0 Å². The van der Waals surface area contributed by atoms with E-state index in [4.69, 9.17) is 5.73 Å². The van der Waals surface area contributed by atoms with Gasteiger partial charge in [-0.3, -0.25) is 4.79 Å². The zero-order chi connectivity index (χ0) is 15.4. The summed E-state index contributed by atoms with van der Waals surface area (Å²) in [5.74, 6) is -0.626. The van der Waals surface area contributed by atoms with Gasteiger partial charge in [0.1, 0.15) is 11.6 Å². The molecule has 2 aromatic carbocycles. The van der Waals surface area contributed by atoms with E-state index in [1.54, 1.807) is 24.1 Å². The maximum atomic E-state index is 13.1. The fourth-order valence-electron chi connectivity index (χ4n) is 1.84. The first-order chi connectivity index (χ1) is 9.95. The van der Waals surface area contributed by atoms with E-state index in [1.165, 1.54) is 30.3 Å². The van der Waals surface area contributed by atoms with E-state index < -0.39 is 5.82 Å². The second-order valence-corrected chi connectivity index (χ2v) is 4.65. The Labute approximate surface area is 121 Å². The number of carbonyl (C=O) groups excluding carboxylic acids is 1. The van der Waals surface area contributed by atoms with Crippen molar-refractivity contribution >= 4 is 23.0 Å². The highest BCUT2D eigenvalue weighted by Gasteiger charge is 2.10. The summed E-state index contributed by atoms with van der Waals surface area (Å²) >= 11 is 0. The molecule has 0 saturated carbocycles. The first-order valence-electron chi connectivity index (χ1n) is 6.31. The number of rotatable bonds is 4. The number of hydrogen-bond donors (Lipinski definition) is 3. The van der Waals surface area contributed by atoms with Gasteiger partial charge in [-0.25, -0.2) is 4.39 Å². The molecule has 0 unspecified atom stereocenters. The van der Waals surface area contributed by atoms with Crippen LogP contribution in [0.1, 0.15) is 0 Å². The molecule has 0 aliphatic rings. The molecule has 0 saturated heterocycles. The predicted octanol–water partition coefficient (Wildman–Crippen LogP) is 2.19. The van der Waals surface area contributed by atoms with Crippen molar-refractivity contribution in [1.82, 2.24) is 0 Å². The van der Waals surface area contributed by atoms with Gasteiger partial charge >= 0.3 is 0 Å². The highest BCUT2D eigenvalue weighted by Crippen LogP contribution is 2.20. The number of phenolic OH excluding ortho intramolecular Hbond substituents is 1. The Morgan fingerprint density at radius 2 is 1.95 bits per heavy atom. The molecule has 0 aromatic heterocycles. The summed E-state index contributed by atoms with van der Waals surface area (Å²) in [6.07, 6.45) is 0. The van der Waals surface area contributed by atoms with Crippen molar-refractivity contribution in [2.45, 2.75) is 0 Å². The SMILES string of the molecule is CN(CC(=O)Nc1cc(F)ccc1N)c1ccc(O)cc1. The molecule has 4 N–H and O–H groups in total. The molecule has 2 rings (SSSR count). The number of anilines is 3. The van der Waals surface area contributed by atoms with Crippen LogP contribution in [0.4, 0.5) is 21.5 Å². The number of nitrogen functional groups attached to an aromatic ring is 1. The molecule has 21 heavy (non-hydrogen) atoms. The minimum Gasteiger partial charge on any atom is -0.508 e. The van der Waals surface area contributed by atoms with Gasteiger partial charge in [0.25, 0.3) is 0 Å². The first kappa shape index (κ1) is 14.6. The molecule has 110 valence electrons. The Balaban J connectivity index is 2.01. The fourth-order valence-corrected chi connectivity index (χ4v) is 1.84. The Morgan fingerprint density at radius 3 is 2.62 bits per heavy atom.